The first-order valence-corrected chi connectivity index (χ1v) is 7.61. The average Bonchev–Trinajstić information content (AvgIpc) is 2.49. The van der Waals surface area contributed by atoms with E-state index in [9.17, 15) is 4.79 Å². The Balaban J connectivity index is 1.96. The zero-order valence-electron chi connectivity index (χ0n) is 13.6. The Morgan fingerprint density at radius 3 is 2.43 bits per heavy atom. The fourth-order valence-electron chi connectivity index (χ4n) is 2.78. The van der Waals surface area contributed by atoms with Gasteiger partial charge in [0.1, 0.15) is 5.75 Å². The summed E-state index contributed by atoms with van der Waals surface area (Å²) in [4.78, 5) is 17.2. The number of Topliss-reactive ketones (excluding diaryl/α,β-unsaturated/α-hetero) is 1. The Morgan fingerprint density at radius 1 is 1.14 bits per heavy atom. The van der Waals surface area contributed by atoms with E-state index in [0.29, 0.717) is 6.42 Å². The molecule has 0 aromatic heterocycles. The molecule has 0 amide bonds. The second kappa shape index (κ2) is 7.05. The van der Waals surface area contributed by atoms with Gasteiger partial charge in [0, 0.05) is 44.7 Å². The molecule has 2 rings (SSSR count). The lowest BCUT2D eigenvalue weighted by Gasteiger charge is -2.32. The summed E-state index contributed by atoms with van der Waals surface area (Å²) in [6, 6.07) is 3.79. The maximum atomic E-state index is 12.4. The number of ether oxygens (including phenoxy) is 1. The van der Waals surface area contributed by atoms with E-state index in [-0.39, 0.29) is 5.78 Å². The molecule has 0 atom stereocenters. The number of ketones is 1. The molecule has 0 saturated carbocycles. The van der Waals surface area contributed by atoms with E-state index in [1.807, 2.05) is 26.0 Å². The molecule has 0 unspecified atom stereocenters. The summed E-state index contributed by atoms with van der Waals surface area (Å²) in [5, 5.41) is 0. The number of methoxy groups -OCH3 is 1. The van der Waals surface area contributed by atoms with Crippen LogP contribution in [0.4, 0.5) is 0 Å². The molecule has 4 heteroatoms. The van der Waals surface area contributed by atoms with Crippen LogP contribution in [0.3, 0.4) is 0 Å². The minimum atomic E-state index is 0.234. The Bertz CT molecular complexity index is 506. The standard InChI is InChI=1S/C17H26N2O2/c1-13-14(2)17(21-4)6-5-15(13)16(20)7-8-19-11-9-18(3)10-12-19/h5-6H,7-12H2,1-4H3. The Labute approximate surface area is 127 Å². The molecule has 4 nitrogen and oxygen atoms in total. The highest BCUT2D eigenvalue weighted by Gasteiger charge is 2.17. The fraction of sp³-hybridized carbons (Fsp3) is 0.588. The van der Waals surface area contributed by atoms with Crippen LogP contribution >= 0.6 is 0 Å². The summed E-state index contributed by atoms with van der Waals surface area (Å²) in [6.45, 7) is 9.17. The van der Waals surface area contributed by atoms with Crippen LogP contribution in [0.5, 0.6) is 5.75 Å². The van der Waals surface area contributed by atoms with Crippen molar-refractivity contribution in [2.45, 2.75) is 20.3 Å². The predicted octanol–water partition coefficient (Wildman–Crippen LogP) is 2.13. The van der Waals surface area contributed by atoms with Gasteiger partial charge in [-0.25, -0.2) is 0 Å². The third-order valence-electron chi connectivity index (χ3n) is 4.51. The minimum Gasteiger partial charge on any atom is -0.496 e. The number of piperazine rings is 1. The summed E-state index contributed by atoms with van der Waals surface area (Å²) < 4.78 is 5.30. The van der Waals surface area contributed by atoms with Crippen LogP contribution in [0.1, 0.15) is 27.9 Å². The maximum absolute atomic E-state index is 12.4. The molecular weight excluding hydrogens is 264 g/mol. The third-order valence-corrected chi connectivity index (χ3v) is 4.51. The van der Waals surface area contributed by atoms with Crippen LogP contribution in [-0.2, 0) is 0 Å². The SMILES string of the molecule is COc1ccc(C(=O)CCN2CCN(C)CC2)c(C)c1C. The second-order valence-corrected chi connectivity index (χ2v) is 5.88. The lowest BCUT2D eigenvalue weighted by molar-refractivity contribution is 0.0941. The van der Waals surface area contributed by atoms with E-state index in [0.717, 1.165) is 55.2 Å². The van der Waals surface area contributed by atoms with Gasteiger partial charge in [0.2, 0.25) is 0 Å². The van der Waals surface area contributed by atoms with Crippen molar-refractivity contribution in [2.75, 3.05) is 46.9 Å². The van der Waals surface area contributed by atoms with Gasteiger partial charge in [-0.1, -0.05) is 0 Å². The largest absolute Gasteiger partial charge is 0.496 e. The summed E-state index contributed by atoms with van der Waals surface area (Å²) >= 11 is 0. The van der Waals surface area contributed by atoms with Crippen LogP contribution in [-0.4, -0.2) is 62.5 Å². The smallest absolute Gasteiger partial charge is 0.164 e. The van der Waals surface area contributed by atoms with Gasteiger partial charge in [-0.15, -0.1) is 0 Å². The molecule has 0 spiro atoms. The first kappa shape index (κ1) is 16.0. The van der Waals surface area contributed by atoms with Gasteiger partial charge in [-0.05, 0) is 44.2 Å². The summed E-state index contributed by atoms with van der Waals surface area (Å²) in [6.07, 6.45) is 0.594. The predicted molar refractivity (Wildman–Crippen MR) is 85.4 cm³/mol. The van der Waals surface area contributed by atoms with E-state index in [2.05, 4.69) is 16.8 Å². The Kier molecular flexibility index (Phi) is 5.37. The molecule has 1 saturated heterocycles. The van der Waals surface area contributed by atoms with Crippen molar-refractivity contribution >= 4 is 5.78 Å². The number of nitrogens with zero attached hydrogens (tertiary/aromatic N) is 2. The number of benzene rings is 1. The van der Waals surface area contributed by atoms with E-state index >= 15 is 0 Å². The normalized spacial score (nSPS) is 17.0. The van der Waals surface area contributed by atoms with E-state index in [4.69, 9.17) is 4.74 Å². The van der Waals surface area contributed by atoms with E-state index in [1.165, 1.54) is 0 Å². The number of hydrogen-bond donors (Lipinski definition) is 0. The van der Waals surface area contributed by atoms with Crippen molar-refractivity contribution in [2.24, 2.45) is 0 Å². The number of likely N-dealkylation sites (N-methyl/N-ethyl adjacent to an activating group) is 1. The molecule has 0 radical (unpaired) electrons. The van der Waals surface area contributed by atoms with Gasteiger partial charge in [-0.2, -0.15) is 0 Å². The second-order valence-electron chi connectivity index (χ2n) is 5.88. The summed E-state index contributed by atoms with van der Waals surface area (Å²) in [7, 11) is 3.81. The topological polar surface area (TPSA) is 32.8 Å². The molecule has 116 valence electrons. The highest BCUT2D eigenvalue weighted by Crippen LogP contribution is 2.24. The van der Waals surface area contributed by atoms with Crippen LogP contribution in [0.2, 0.25) is 0 Å². The van der Waals surface area contributed by atoms with Crippen molar-refractivity contribution in [1.29, 1.82) is 0 Å². The van der Waals surface area contributed by atoms with Crippen LogP contribution in [0, 0.1) is 13.8 Å². The molecule has 21 heavy (non-hydrogen) atoms. The lowest BCUT2D eigenvalue weighted by Crippen LogP contribution is -2.45. The maximum Gasteiger partial charge on any atom is 0.164 e. The molecule has 1 aromatic carbocycles. The van der Waals surface area contributed by atoms with Crippen LogP contribution in [0.25, 0.3) is 0 Å². The molecule has 0 aliphatic carbocycles. The van der Waals surface area contributed by atoms with Gasteiger partial charge in [0.05, 0.1) is 7.11 Å². The van der Waals surface area contributed by atoms with Gasteiger partial charge >= 0.3 is 0 Å². The zero-order valence-corrected chi connectivity index (χ0v) is 13.6. The van der Waals surface area contributed by atoms with Crippen molar-refractivity contribution in [3.05, 3.63) is 28.8 Å². The molecule has 1 aliphatic rings. The molecule has 1 aromatic rings. The highest BCUT2D eigenvalue weighted by molar-refractivity contribution is 5.98. The van der Waals surface area contributed by atoms with Crippen LogP contribution in [0.15, 0.2) is 12.1 Å². The Hall–Kier alpha value is -1.39. The molecule has 1 fully saturated rings. The van der Waals surface area contributed by atoms with Gasteiger partial charge in [0.25, 0.3) is 0 Å². The van der Waals surface area contributed by atoms with Gasteiger partial charge < -0.3 is 14.5 Å². The zero-order chi connectivity index (χ0) is 15.4. The first-order chi connectivity index (χ1) is 10.0. The van der Waals surface area contributed by atoms with Gasteiger partial charge in [-0.3, -0.25) is 4.79 Å². The summed E-state index contributed by atoms with van der Waals surface area (Å²) in [5.74, 6) is 1.08. The van der Waals surface area contributed by atoms with Crippen molar-refractivity contribution in [3.63, 3.8) is 0 Å². The molecule has 1 heterocycles. The van der Waals surface area contributed by atoms with E-state index in [1.54, 1.807) is 7.11 Å². The fourth-order valence-corrected chi connectivity index (χ4v) is 2.78. The third kappa shape index (κ3) is 3.83. The lowest BCUT2D eigenvalue weighted by atomic mass is 9.97. The number of rotatable bonds is 5. The average molecular weight is 290 g/mol. The molecule has 1 aliphatic heterocycles. The highest BCUT2D eigenvalue weighted by atomic mass is 16.5. The van der Waals surface area contributed by atoms with Crippen molar-refractivity contribution < 1.29 is 9.53 Å². The number of carbonyl (C=O) groups excluding carboxylic acids is 1. The minimum absolute atomic E-state index is 0.234. The monoisotopic (exact) mass is 290 g/mol. The first-order valence-electron chi connectivity index (χ1n) is 7.61. The number of hydrogen-bond acceptors (Lipinski definition) is 4. The van der Waals surface area contributed by atoms with Crippen molar-refractivity contribution in [1.82, 2.24) is 9.80 Å². The van der Waals surface area contributed by atoms with Gasteiger partial charge in [0.15, 0.2) is 5.78 Å². The number of carbonyl (C=O) groups is 1. The molecular formula is C17H26N2O2. The van der Waals surface area contributed by atoms with Crippen LogP contribution < -0.4 is 4.74 Å². The summed E-state index contributed by atoms with van der Waals surface area (Å²) in [5.41, 5.74) is 2.93. The quantitative estimate of drug-likeness (QED) is 0.778. The van der Waals surface area contributed by atoms with Crippen molar-refractivity contribution in [3.8, 4) is 5.75 Å². The molecule has 0 bridgehead atoms. The Morgan fingerprint density at radius 2 is 1.81 bits per heavy atom. The van der Waals surface area contributed by atoms with E-state index < -0.39 is 0 Å². The molecule has 0 N–H and O–H groups in total.